The predicted molar refractivity (Wildman–Crippen MR) is 67.5 cm³/mol. The maximum absolute atomic E-state index is 7.40. The number of hydrogen-bond donors (Lipinski definition) is 2. The van der Waals surface area contributed by atoms with Gasteiger partial charge in [-0.1, -0.05) is 6.07 Å². The minimum Gasteiger partial charge on any atom is -0.382 e. The lowest BCUT2D eigenvalue weighted by Crippen LogP contribution is -2.46. The highest BCUT2D eigenvalue weighted by atomic mass is 16.5. The molecule has 0 aromatic carbocycles. The van der Waals surface area contributed by atoms with Gasteiger partial charge in [-0.15, -0.1) is 0 Å². The molecule has 1 saturated heterocycles. The van der Waals surface area contributed by atoms with Crippen LogP contribution < -0.4 is 10.6 Å². The Hall–Kier alpha value is -1.62. The molecule has 3 N–H and O–H groups in total. The van der Waals surface area contributed by atoms with Gasteiger partial charge < -0.3 is 15.4 Å². The fraction of sp³-hybridized carbons (Fsp3) is 0.500. The number of morpholine rings is 1. The zero-order valence-electron chi connectivity index (χ0n) is 10.2. The monoisotopic (exact) mass is 234 g/mol. The number of rotatable bonds is 2. The number of amidine groups is 1. The Kier molecular flexibility index (Phi) is 3.28. The average molecular weight is 234 g/mol. The first-order valence-electron chi connectivity index (χ1n) is 5.78. The molecule has 17 heavy (non-hydrogen) atoms. The van der Waals surface area contributed by atoms with Gasteiger partial charge in [0.2, 0.25) is 0 Å². The van der Waals surface area contributed by atoms with Gasteiger partial charge in [0.15, 0.2) is 0 Å². The van der Waals surface area contributed by atoms with E-state index in [1.807, 2.05) is 12.1 Å². The number of hydrogen-bond acceptors (Lipinski definition) is 4. The predicted octanol–water partition coefficient (Wildman–Crippen LogP) is 0.979. The molecule has 5 heteroatoms. The number of nitrogens with one attached hydrogen (secondary N) is 1. The summed E-state index contributed by atoms with van der Waals surface area (Å²) in [5, 5.41) is 7.40. The number of nitrogens with zero attached hydrogens (tertiary/aromatic N) is 2. The molecule has 92 valence electrons. The van der Waals surface area contributed by atoms with Gasteiger partial charge in [-0.2, -0.15) is 0 Å². The van der Waals surface area contributed by atoms with E-state index in [0.29, 0.717) is 5.69 Å². The van der Waals surface area contributed by atoms with E-state index >= 15 is 0 Å². The zero-order valence-corrected chi connectivity index (χ0v) is 10.2. The van der Waals surface area contributed by atoms with Crippen molar-refractivity contribution in [2.24, 2.45) is 5.73 Å². The Morgan fingerprint density at radius 1 is 1.41 bits per heavy atom. The summed E-state index contributed by atoms with van der Waals surface area (Å²) in [5.74, 6) is 0.862. The summed E-state index contributed by atoms with van der Waals surface area (Å²) in [5.41, 5.74) is 5.97. The summed E-state index contributed by atoms with van der Waals surface area (Å²) >= 11 is 0. The molecule has 2 heterocycles. The van der Waals surface area contributed by atoms with E-state index in [0.717, 1.165) is 18.9 Å². The fourth-order valence-corrected chi connectivity index (χ4v) is 2.11. The van der Waals surface area contributed by atoms with Gasteiger partial charge in [-0.3, -0.25) is 5.41 Å². The zero-order chi connectivity index (χ0) is 12.4. The van der Waals surface area contributed by atoms with Crippen molar-refractivity contribution in [3.05, 3.63) is 23.9 Å². The van der Waals surface area contributed by atoms with E-state index < -0.39 is 0 Å². The molecule has 0 spiro atoms. The first-order valence-corrected chi connectivity index (χ1v) is 5.78. The van der Waals surface area contributed by atoms with Crippen LogP contribution in [0, 0.1) is 5.41 Å². The van der Waals surface area contributed by atoms with Gasteiger partial charge in [0.1, 0.15) is 17.3 Å². The van der Waals surface area contributed by atoms with Crippen LogP contribution in [-0.2, 0) is 4.74 Å². The molecule has 0 aliphatic carbocycles. The smallest absolute Gasteiger partial charge is 0.141 e. The molecule has 0 saturated carbocycles. The highest BCUT2D eigenvalue weighted by molar-refractivity contribution is 5.93. The Labute approximate surface area is 101 Å². The van der Waals surface area contributed by atoms with Gasteiger partial charge in [0.05, 0.1) is 12.2 Å². The van der Waals surface area contributed by atoms with E-state index in [2.05, 4.69) is 23.7 Å². The van der Waals surface area contributed by atoms with Crippen LogP contribution in [0.25, 0.3) is 0 Å². The standard InChI is InChI=1S/C12H18N4O/c1-8-6-16(7-9(2)17-8)11-5-3-4-10(15-11)12(13)14/h3-5,8-9H,6-7H2,1-2H3,(H3,13,14)/t8-,9+. The normalized spacial score (nSPS) is 24.7. The van der Waals surface area contributed by atoms with Crippen LogP contribution in [0.4, 0.5) is 5.82 Å². The Morgan fingerprint density at radius 3 is 2.65 bits per heavy atom. The average Bonchev–Trinajstić information content (AvgIpc) is 2.28. The summed E-state index contributed by atoms with van der Waals surface area (Å²) in [7, 11) is 0. The van der Waals surface area contributed by atoms with E-state index in [9.17, 15) is 0 Å². The first kappa shape index (κ1) is 11.9. The van der Waals surface area contributed by atoms with Crippen molar-refractivity contribution in [1.29, 1.82) is 5.41 Å². The lowest BCUT2D eigenvalue weighted by molar-refractivity contribution is -0.00545. The molecule has 1 aliphatic rings. The molecule has 1 aliphatic heterocycles. The summed E-state index contributed by atoms with van der Waals surface area (Å²) in [6.45, 7) is 5.74. The van der Waals surface area contributed by atoms with Crippen molar-refractivity contribution < 1.29 is 4.74 Å². The van der Waals surface area contributed by atoms with Crippen LogP contribution in [0.1, 0.15) is 19.5 Å². The van der Waals surface area contributed by atoms with Gasteiger partial charge in [0, 0.05) is 13.1 Å². The van der Waals surface area contributed by atoms with Crippen molar-refractivity contribution in [3.8, 4) is 0 Å². The van der Waals surface area contributed by atoms with Crippen molar-refractivity contribution in [3.63, 3.8) is 0 Å². The molecule has 2 atom stereocenters. The second-order valence-electron chi connectivity index (χ2n) is 4.46. The lowest BCUT2D eigenvalue weighted by Gasteiger charge is -2.36. The maximum atomic E-state index is 7.40. The Balaban J connectivity index is 2.21. The molecular weight excluding hydrogens is 216 g/mol. The topological polar surface area (TPSA) is 75.2 Å². The number of pyridine rings is 1. The highest BCUT2D eigenvalue weighted by Crippen LogP contribution is 2.18. The van der Waals surface area contributed by atoms with Crippen LogP contribution in [0.3, 0.4) is 0 Å². The third-order valence-electron chi connectivity index (χ3n) is 2.75. The molecule has 0 bridgehead atoms. The third kappa shape index (κ3) is 2.74. The van der Waals surface area contributed by atoms with Crippen LogP contribution in [-0.4, -0.2) is 36.1 Å². The third-order valence-corrected chi connectivity index (χ3v) is 2.75. The minimum absolute atomic E-state index is 0.00112. The van der Waals surface area contributed by atoms with E-state index in [4.69, 9.17) is 15.9 Å². The Bertz CT molecular complexity index is 411. The number of nitrogen functional groups attached to an aromatic ring is 1. The first-order chi connectivity index (χ1) is 8.06. The minimum atomic E-state index is 0.00112. The molecule has 2 rings (SSSR count). The van der Waals surface area contributed by atoms with Gasteiger partial charge in [-0.25, -0.2) is 4.98 Å². The molecule has 0 unspecified atom stereocenters. The number of aromatic nitrogens is 1. The fourth-order valence-electron chi connectivity index (χ4n) is 2.11. The molecule has 0 amide bonds. The molecule has 1 fully saturated rings. The molecule has 0 radical (unpaired) electrons. The van der Waals surface area contributed by atoms with E-state index in [1.54, 1.807) is 6.07 Å². The van der Waals surface area contributed by atoms with E-state index in [-0.39, 0.29) is 18.0 Å². The summed E-state index contributed by atoms with van der Waals surface area (Å²) in [4.78, 5) is 6.56. The second kappa shape index (κ2) is 4.71. The van der Waals surface area contributed by atoms with E-state index in [1.165, 1.54) is 0 Å². The van der Waals surface area contributed by atoms with Crippen molar-refractivity contribution >= 4 is 11.7 Å². The SMILES string of the molecule is C[C@@H]1CN(c2cccc(C(=N)N)n2)C[C@H](C)O1. The van der Waals surface area contributed by atoms with Crippen LogP contribution in [0.15, 0.2) is 18.2 Å². The van der Waals surface area contributed by atoms with Gasteiger partial charge in [0.25, 0.3) is 0 Å². The van der Waals surface area contributed by atoms with Gasteiger partial charge >= 0.3 is 0 Å². The molecule has 1 aromatic heterocycles. The summed E-state index contributed by atoms with van der Waals surface area (Å²) in [6.07, 6.45) is 0.392. The molecule has 5 nitrogen and oxygen atoms in total. The van der Waals surface area contributed by atoms with Gasteiger partial charge in [-0.05, 0) is 26.0 Å². The summed E-state index contributed by atoms with van der Waals surface area (Å²) in [6, 6.07) is 5.57. The van der Waals surface area contributed by atoms with Crippen molar-refractivity contribution in [2.45, 2.75) is 26.1 Å². The number of ether oxygens (including phenoxy) is 1. The molecule has 1 aromatic rings. The van der Waals surface area contributed by atoms with Crippen LogP contribution >= 0.6 is 0 Å². The van der Waals surface area contributed by atoms with Crippen molar-refractivity contribution in [1.82, 2.24) is 4.98 Å². The lowest BCUT2D eigenvalue weighted by atomic mass is 10.2. The summed E-state index contributed by atoms with van der Waals surface area (Å²) < 4.78 is 5.68. The second-order valence-corrected chi connectivity index (χ2v) is 4.46. The molecular formula is C12H18N4O. The number of nitrogens with two attached hydrogens (primary N) is 1. The highest BCUT2D eigenvalue weighted by Gasteiger charge is 2.23. The van der Waals surface area contributed by atoms with Crippen LogP contribution in [0.2, 0.25) is 0 Å². The van der Waals surface area contributed by atoms with Crippen molar-refractivity contribution in [2.75, 3.05) is 18.0 Å². The quantitative estimate of drug-likeness (QED) is 0.591. The largest absolute Gasteiger partial charge is 0.382 e. The maximum Gasteiger partial charge on any atom is 0.141 e. The van der Waals surface area contributed by atoms with Crippen LogP contribution in [0.5, 0.6) is 0 Å². The number of anilines is 1. The Morgan fingerprint density at radius 2 is 2.06 bits per heavy atom.